The van der Waals surface area contributed by atoms with Crippen LogP contribution in [0.4, 0.5) is 5.95 Å². The number of anilines is 1. The highest BCUT2D eigenvalue weighted by atomic mass is 16.1. The number of aromatic nitrogens is 2. The SMILES string of the molecule is CC1CCCN1c1nc2c(C(N)=O)cccc2[nH]1. The molecule has 1 aromatic heterocycles. The van der Waals surface area contributed by atoms with Crippen molar-refractivity contribution < 1.29 is 4.79 Å². The van der Waals surface area contributed by atoms with E-state index in [9.17, 15) is 4.79 Å². The Morgan fingerprint density at radius 2 is 2.39 bits per heavy atom. The van der Waals surface area contributed by atoms with Gasteiger partial charge in [-0.2, -0.15) is 0 Å². The monoisotopic (exact) mass is 244 g/mol. The molecule has 1 unspecified atom stereocenters. The number of nitrogens with one attached hydrogen (secondary N) is 1. The lowest BCUT2D eigenvalue weighted by Gasteiger charge is -2.19. The largest absolute Gasteiger partial charge is 0.366 e. The second-order valence-electron chi connectivity index (χ2n) is 4.81. The number of nitrogens with zero attached hydrogens (tertiary/aromatic N) is 2. The second kappa shape index (κ2) is 4.01. The Kier molecular flexibility index (Phi) is 2.47. The number of aromatic amines is 1. The Labute approximate surface area is 105 Å². The van der Waals surface area contributed by atoms with Gasteiger partial charge in [-0.05, 0) is 31.9 Å². The van der Waals surface area contributed by atoms with Crippen molar-refractivity contribution in [3.05, 3.63) is 23.8 Å². The molecule has 5 heteroatoms. The number of nitrogens with two attached hydrogens (primary N) is 1. The van der Waals surface area contributed by atoms with E-state index in [-0.39, 0.29) is 0 Å². The molecular formula is C13H16N4O. The van der Waals surface area contributed by atoms with Gasteiger partial charge in [0.25, 0.3) is 5.91 Å². The zero-order valence-electron chi connectivity index (χ0n) is 10.3. The Hall–Kier alpha value is -2.04. The summed E-state index contributed by atoms with van der Waals surface area (Å²) in [5.74, 6) is 0.400. The molecule has 5 nitrogen and oxygen atoms in total. The summed E-state index contributed by atoms with van der Waals surface area (Å²) >= 11 is 0. The molecule has 1 atom stereocenters. The van der Waals surface area contributed by atoms with E-state index >= 15 is 0 Å². The summed E-state index contributed by atoms with van der Waals surface area (Å²) in [5, 5.41) is 0. The van der Waals surface area contributed by atoms with Crippen LogP contribution in [0.2, 0.25) is 0 Å². The average Bonchev–Trinajstić information content (AvgIpc) is 2.92. The van der Waals surface area contributed by atoms with Crippen LogP contribution in [0.25, 0.3) is 11.0 Å². The predicted octanol–water partition coefficient (Wildman–Crippen LogP) is 1.65. The Bertz CT molecular complexity index is 604. The molecule has 1 aliphatic rings. The summed E-state index contributed by atoms with van der Waals surface area (Å²) < 4.78 is 0. The van der Waals surface area contributed by atoms with Gasteiger partial charge in [-0.25, -0.2) is 4.98 Å². The lowest BCUT2D eigenvalue weighted by molar-refractivity contribution is 0.100. The van der Waals surface area contributed by atoms with E-state index < -0.39 is 5.91 Å². The summed E-state index contributed by atoms with van der Waals surface area (Å²) in [6.45, 7) is 3.20. The fourth-order valence-electron chi connectivity index (χ4n) is 2.60. The summed E-state index contributed by atoms with van der Waals surface area (Å²) in [6.07, 6.45) is 2.36. The molecular weight excluding hydrogens is 228 g/mol. The number of imidazole rings is 1. The Balaban J connectivity index is 2.11. The first-order valence-corrected chi connectivity index (χ1v) is 6.22. The van der Waals surface area contributed by atoms with Crippen LogP contribution in [0, 0.1) is 0 Å². The van der Waals surface area contributed by atoms with Gasteiger partial charge in [-0.15, -0.1) is 0 Å². The van der Waals surface area contributed by atoms with E-state index in [0.29, 0.717) is 17.1 Å². The van der Waals surface area contributed by atoms with Gasteiger partial charge in [0, 0.05) is 12.6 Å². The lowest BCUT2D eigenvalue weighted by Crippen LogP contribution is -2.27. The average molecular weight is 244 g/mol. The molecule has 1 amide bonds. The number of carbonyl (C=O) groups is 1. The van der Waals surface area contributed by atoms with Gasteiger partial charge in [0.15, 0.2) is 0 Å². The maximum atomic E-state index is 11.4. The first kappa shape index (κ1) is 11.1. The normalized spacial score (nSPS) is 19.6. The van der Waals surface area contributed by atoms with Crippen molar-refractivity contribution in [3.8, 4) is 0 Å². The van der Waals surface area contributed by atoms with E-state index in [1.165, 1.54) is 12.8 Å². The molecule has 2 heterocycles. The van der Waals surface area contributed by atoms with Crippen molar-refractivity contribution in [2.75, 3.05) is 11.4 Å². The first-order chi connectivity index (χ1) is 8.66. The molecule has 94 valence electrons. The minimum Gasteiger partial charge on any atom is -0.366 e. The molecule has 3 N–H and O–H groups in total. The minimum absolute atomic E-state index is 0.437. The third-order valence-electron chi connectivity index (χ3n) is 3.59. The van der Waals surface area contributed by atoms with Crippen LogP contribution in [0.3, 0.4) is 0 Å². The molecule has 18 heavy (non-hydrogen) atoms. The van der Waals surface area contributed by atoms with Gasteiger partial charge in [-0.1, -0.05) is 6.07 Å². The van der Waals surface area contributed by atoms with Gasteiger partial charge >= 0.3 is 0 Å². The van der Waals surface area contributed by atoms with Gasteiger partial charge in [0.2, 0.25) is 5.95 Å². The second-order valence-corrected chi connectivity index (χ2v) is 4.81. The molecule has 0 radical (unpaired) electrons. The first-order valence-electron chi connectivity index (χ1n) is 6.22. The highest BCUT2D eigenvalue weighted by molar-refractivity contribution is 6.04. The smallest absolute Gasteiger partial charge is 0.250 e. The number of amides is 1. The number of hydrogen-bond acceptors (Lipinski definition) is 3. The number of rotatable bonds is 2. The molecule has 1 saturated heterocycles. The van der Waals surface area contributed by atoms with Crippen molar-refractivity contribution >= 4 is 22.9 Å². The van der Waals surface area contributed by atoms with Gasteiger partial charge in [0.1, 0.15) is 5.52 Å². The van der Waals surface area contributed by atoms with Gasteiger partial charge in [0.05, 0.1) is 11.1 Å². The zero-order valence-corrected chi connectivity index (χ0v) is 10.3. The predicted molar refractivity (Wildman–Crippen MR) is 70.7 cm³/mol. The van der Waals surface area contributed by atoms with E-state index in [4.69, 9.17) is 5.73 Å². The van der Waals surface area contributed by atoms with Crippen LogP contribution >= 0.6 is 0 Å². The highest BCUT2D eigenvalue weighted by Gasteiger charge is 2.23. The van der Waals surface area contributed by atoms with E-state index in [2.05, 4.69) is 21.8 Å². The molecule has 3 rings (SSSR count). The van der Waals surface area contributed by atoms with Crippen LogP contribution in [-0.2, 0) is 0 Å². The van der Waals surface area contributed by atoms with Crippen LogP contribution in [0.15, 0.2) is 18.2 Å². The fourth-order valence-corrected chi connectivity index (χ4v) is 2.60. The third-order valence-corrected chi connectivity index (χ3v) is 3.59. The maximum Gasteiger partial charge on any atom is 0.250 e. The van der Waals surface area contributed by atoms with Crippen molar-refractivity contribution in [2.24, 2.45) is 5.73 Å². The van der Waals surface area contributed by atoms with Crippen molar-refractivity contribution in [2.45, 2.75) is 25.8 Å². The van der Waals surface area contributed by atoms with Crippen molar-refractivity contribution in [3.63, 3.8) is 0 Å². The highest BCUT2D eigenvalue weighted by Crippen LogP contribution is 2.26. The molecule has 1 aliphatic heterocycles. The van der Waals surface area contributed by atoms with Crippen LogP contribution < -0.4 is 10.6 Å². The van der Waals surface area contributed by atoms with Crippen LogP contribution in [0.5, 0.6) is 0 Å². The number of carbonyl (C=O) groups excluding carboxylic acids is 1. The number of hydrogen-bond donors (Lipinski definition) is 2. The summed E-state index contributed by atoms with van der Waals surface area (Å²) in [6, 6.07) is 5.93. The van der Waals surface area contributed by atoms with E-state index in [1.807, 2.05) is 12.1 Å². The van der Waals surface area contributed by atoms with Gasteiger partial charge < -0.3 is 15.6 Å². The number of primary amides is 1. The fraction of sp³-hybridized carbons (Fsp3) is 0.385. The van der Waals surface area contributed by atoms with Gasteiger partial charge in [-0.3, -0.25) is 4.79 Å². The maximum absolute atomic E-state index is 11.4. The number of H-pyrrole nitrogens is 1. The number of para-hydroxylation sites is 1. The topological polar surface area (TPSA) is 75.0 Å². The number of fused-ring (bicyclic) bond motifs is 1. The van der Waals surface area contributed by atoms with E-state index in [1.54, 1.807) is 6.07 Å². The zero-order chi connectivity index (χ0) is 12.7. The molecule has 2 aromatic rings. The summed E-state index contributed by atoms with van der Waals surface area (Å²) in [4.78, 5) is 21.4. The Morgan fingerprint density at radius 3 is 3.06 bits per heavy atom. The van der Waals surface area contributed by atoms with E-state index in [0.717, 1.165) is 18.0 Å². The molecule has 1 aromatic carbocycles. The lowest BCUT2D eigenvalue weighted by atomic mass is 10.2. The molecule has 0 spiro atoms. The Morgan fingerprint density at radius 1 is 1.56 bits per heavy atom. The van der Waals surface area contributed by atoms with Crippen LogP contribution in [-0.4, -0.2) is 28.5 Å². The molecule has 0 bridgehead atoms. The molecule has 0 saturated carbocycles. The van der Waals surface area contributed by atoms with Crippen molar-refractivity contribution in [1.29, 1.82) is 0 Å². The standard InChI is InChI=1S/C13H16N4O/c1-8-4-3-7-17(8)13-15-10-6-2-5-9(12(14)18)11(10)16-13/h2,5-6,8H,3-4,7H2,1H3,(H2,14,18)(H,15,16). The number of benzene rings is 1. The molecule has 0 aliphatic carbocycles. The minimum atomic E-state index is -0.437. The summed E-state index contributed by atoms with van der Waals surface area (Å²) in [7, 11) is 0. The quantitative estimate of drug-likeness (QED) is 0.843. The van der Waals surface area contributed by atoms with Crippen molar-refractivity contribution in [1.82, 2.24) is 9.97 Å². The molecule has 1 fully saturated rings. The summed E-state index contributed by atoms with van der Waals surface area (Å²) in [5.41, 5.74) is 7.36. The third kappa shape index (κ3) is 1.63. The van der Waals surface area contributed by atoms with Crippen LogP contribution in [0.1, 0.15) is 30.1 Å².